The number of carbonyl (C=O) groups excluding carboxylic acids is 1. The lowest BCUT2D eigenvalue weighted by atomic mass is 10.2. The van der Waals surface area contributed by atoms with Gasteiger partial charge in [-0.15, -0.1) is 0 Å². The second-order valence-corrected chi connectivity index (χ2v) is 4.95. The number of aliphatic carboxylic acids is 1. The lowest BCUT2D eigenvalue weighted by Gasteiger charge is -2.01. The third kappa shape index (κ3) is 4.85. The Labute approximate surface area is 131 Å². The lowest BCUT2D eigenvalue weighted by molar-refractivity contribution is -0.136. The van der Waals surface area contributed by atoms with Crippen molar-refractivity contribution in [1.29, 1.82) is 0 Å². The number of carboxylic acid groups (broad SMARTS) is 1. The normalized spacial score (nSPS) is 10.4. The summed E-state index contributed by atoms with van der Waals surface area (Å²) in [5.74, 6) is -0.436. The number of amides is 1. The topological polar surface area (TPSA) is 105 Å². The first kappa shape index (κ1) is 16.0. The van der Waals surface area contributed by atoms with E-state index in [2.05, 4.69) is 15.5 Å². The summed E-state index contributed by atoms with van der Waals surface area (Å²) in [4.78, 5) is 26.0. The molecule has 2 N–H and O–H groups in total. The highest BCUT2D eigenvalue weighted by Crippen LogP contribution is 2.18. The van der Waals surface area contributed by atoms with E-state index in [1.54, 1.807) is 24.3 Å². The van der Waals surface area contributed by atoms with Gasteiger partial charge in [-0.05, 0) is 24.3 Å². The number of aryl methyl sites for hydroxylation is 1. The summed E-state index contributed by atoms with van der Waals surface area (Å²) >= 11 is 5.80. The van der Waals surface area contributed by atoms with E-state index in [4.69, 9.17) is 21.2 Å². The highest BCUT2D eigenvalue weighted by molar-refractivity contribution is 6.30. The lowest BCUT2D eigenvalue weighted by Crippen LogP contribution is -2.26. The fraction of sp³-hybridized carbons (Fsp3) is 0.286. The Bertz CT molecular complexity index is 654. The molecule has 7 nitrogen and oxygen atoms in total. The van der Waals surface area contributed by atoms with Crippen LogP contribution in [0.4, 0.5) is 0 Å². The van der Waals surface area contributed by atoms with E-state index in [1.807, 2.05) is 0 Å². The van der Waals surface area contributed by atoms with Crippen LogP contribution in [0.1, 0.15) is 18.7 Å². The maximum absolute atomic E-state index is 11.5. The zero-order chi connectivity index (χ0) is 15.9. The van der Waals surface area contributed by atoms with E-state index in [1.165, 1.54) is 0 Å². The van der Waals surface area contributed by atoms with Crippen LogP contribution in [0.15, 0.2) is 28.8 Å². The molecule has 0 aliphatic carbocycles. The Hall–Kier alpha value is -2.41. The van der Waals surface area contributed by atoms with Crippen LogP contribution in [-0.2, 0) is 16.0 Å². The number of rotatable bonds is 7. The van der Waals surface area contributed by atoms with Gasteiger partial charge in [0.05, 0.1) is 6.42 Å². The Morgan fingerprint density at radius 1 is 1.23 bits per heavy atom. The molecule has 8 heteroatoms. The van der Waals surface area contributed by atoms with E-state index in [0.717, 1.165) is 5.56 Å². The van der Waals surface area contributed by atoms with Gasteiger partial charge in [-0.2, -0.15) is 4.98 Å². The maximum Gasteiger partial charge on any atom is 0.305 e. The van der Waals surface area contributed by atoms with E-state index < -0.39 is 5.97 Å². The van der Waals surface area contributed by atoms with Crippen molar-refractivity contribution >= 4 is 23.5 Å². The van der Waals surface area contributed by atoms with Crippen LogP contribution in [0.25, 0.3) is 11.4 Å². The van der Waals surface area contributed by atoms with Gasteiger partial charge in [0.2, 0.25) is 17.6 Å². The average Bonchev–Trinajstić information content (AvgIpc) is 2.94. The molecule has 2 aromatic rings. The molecule has 22 heavy (non-hydrogen) atoms. The van der Waals surface area contributed by atoms with Crippen LogP contribution in [0.2, 0.25) is 5.02 Å². The number of hydrogen-bond donors (Lipinski definition) is 2. The molecule has 116 valence electrons. The molecule has 0 aliphatic rings. The minimum atomic E-state index is -0.954. The number of nitrogens with one attached hydrogen (secondary N) is 1. The Balaban J connectivity index is 1.83. The van der Waals surface area contributed by atoms with E-state index >= 15 is 0 Å². The number of carbonyl (C=O) groups is 2. The van der Waals surface area contributed by atoms with Gasteiger partial charge in [0.25, 0.3) is 0 Å². The quantitative estimate of drug-likeness (QED) is 0.806. The molecule has 2 rings (SSSR count). The molecule has 0 saturated carbocycles. The van der Waals surface area contributed by atoms with E-state index in [-0.39, 0.29) is 25.3 Å². The van der Waals surface area contributed by atoms with Crippen molar-refractivity contribution in [2.24, 2.45) is 0 Å². The molecule has 1 aromatic heterocycles. The second-order valence-electron chi connectivity index (χ2n) is 4.51. The molecule has 0 atom stereocenters. The van der Waals surface area contributed by atoms with Crippen molar-refractivity contribution in [2.45, 2.75) is 19.3 Å². The van der Waals surface area contributed by atoms with Crippen molar-refractivity contribution in [3.8, 4) is 11.4 Å². The molecule has 1 amide bonds. The first-order valence-corrected chi connectivity index (χ1v) is 6.99. The van der Waals surface area contributed by atoms with E-state index in [9.17, 15) is 9.59 Å². The van der Waals surface area contributed by atoms with Crippen molar-refractivity contribution in [3.05, 3.63) is 35.2 Å². The average molecular weight is 324 g/mol. The highest BCUT2D eigenvalue weighted by atomic mass is 35.5. The summed E-state index contributed by atoms with van der Waals surface area (Å²) < 4.78 is 5.07. The zero-order valence-electron chi connectivity index (χ0n) is 11.6. The fourth-order valence-electron chi connectivity index (χ4n) is 1.69. The van der Waals surface area contributed by atoms with Crippen molar-refractivity contribution in [2.75, 3.05) is 6.54 Å². The minimum absolute atomic E-state index is 0.104. The fourth-order valence-corrected chi connectivity index (χ4v) is 1.82. The number of hydrogen-bond acceptors (Lipinski definition) is 5. The minimum Gasteiger partial charge on any atom is -0.481 e. The molecule has 0 spiro atoms. The summed E-state index contributed by atoms with van der Waals surface area (Å²) in [6.45, 7) is 0.105. The monoisotopic (exact) mass is 323 g/mol. The summed E-state index contributed by atoms with van der Waals surface area (Å²) in [5.41, 5.74) is 0.769. The number of benzene rings is 1. The van der Waals surface area contributed by atoms with Crippen LogP contribution >= 0.6 is 11.6 Å². The summed E-state index contributed by atoms with van der Waals surface area (Å²) in [7, 11) is 0. The maximum atomic E-state index is 11.5. The van der Waals surface area contributed by atoms with Gasteiger partial charge in [0.15, 0.2) is 0 Å². The van der Waals surface area contributed by atoms with Crippen molar-refractivity contribution in [3.63, 3.8) is 0 Å². The highest BCUT2D eigenvalue weighted by Gasteiger charge is 2.10. The SMILES string of the molecule is O=C(O)CCNC(=O)CCc1nc(-c2ccc(Cl)cc2)no1. The summed E-state index contributed by atoms with van der Waals surface area (Å²) in [6, 6.07) is 7.00. The van der Waals surface area contributed by atoms with Crippen LogP contribution in [0.3, 0.4) is 0 Å². The largest absolute Gasteiger partial charge is 0.481 e. The zero-order valence-corrected chi connectivity index (χ0v) is 12.3. The van der Waals surface area contributed by atoms with Gasteiger partial charge in [-0.3, -0.25) is 9.59 Å². The Morgan fingerprint density at radius 2 is 1.95 bits per heavy atom. The van der Waals surface area contributed by atoms with Crippen LogP contribution < -0.4 is 5.32 Å². The van der Waals surface area contributed by atoms with Crippen molar-refractivity contribution in [1.82, 2.24) is 15.5 Å². The predicted octanol–water partition coefficient (Wildman–Crippen LogP) is 1.91. The number of aromatic nitrogens is 2. The first-order valence-electron chi connectivity index (χ1n) is 6.61. The smallest absolute Gasteiger partial charge is 0.305 e. The van der Waals surface area contributed by atoms with Gasteiger partial charge in [-0.25, -0.2) is 0 Å². The molecule has 0 fully saturated rings. The molecular formula is C14H14ClN3O4. The van der Waals surface area contributed by atoms with Gasteiger partial charge in [-0.1, -0.05) is 16.8 Å². The Kier molecular flexibility index (Phi) is 5.48. The third-order valence-corrected chi connectivity index (χ3v) is 3.05. The summed E-state index contributed by atoms with van der Waals surface area (Å²) in [6.07, 6.45) is 0.342. The molecule has 1 heterocycles. The molecule has 0 aliphatic heterocycles. The Morgan fingerprint density at radius 3 is 2.64 bits per heavy atom. The van der Waals surface area contributed by atoms with Gasteiger partial charge >= 0.3 is 5.97 Å². The van der Waals surface area contributed by atoms with Gasteiger partial charge in [0, 0.05) is 30.0 Å². The third-order valence-electron chi connectivity index (χ3n) is 2.80. The molecule has 0 bridgehead atoms. The van der Waals surface area contributed by atoms with E-state index in [0.29, 0.717) is 23.2 Å². The summed E-state index contributed by atoms with van der Waals surface area (Å²) in [5, 5.41) is 15.4. The van der Waals surface area contributed by atoms with Crippen molar-refractivity contribution < 1.29 is 19.2 Å². The van der Waals surface area contributed by atoms with Gasteiger partial charge < -0.3 is 14.9 Å². The van der Waals surface area contributed by atoms with Crippen LogP contribution in [0, 0.1) is 0 Å². The van der Waals surface area contributed by atoms with Crippen LogP contribution in [-0.4, -0.2) is 33.7 Å². The predicted molar refractivity (Wildman–Crippen MR) is 78.3 cm³/mol. The number of nitrogens with zero attached hydrogens (tertiary/aromatic N) is 2. The molecule has 0 saturated heterocycles. The second kappa shape index (κ2) is 7.56. The first-order chi connectivity index (χ1) is 10.5. The molecular weight excluding hydrogens is 310 g/mol. The van der Waals surface area contributed by atoms with Gasteiger partial charge in [0.1, 0.15) is 0 Å². The standard InChI is InChI=1S/C14H14ClN3O4/c15-10-3-1-9(2-4-10)14-17-12(22-18-14)6-5-11(19)16-8-7-13(20)21/h1-4H,5-8H2,(H,16,19)(H,20,21). The van der Waals surface area contributed by atoms with Crippen LogP contribution in [0.5, 0.6) is 0 Å². The molecule has 1 aromatic carbocycles. The number of carboxylic acids is 1. The molecule has 0 unspecified atom stereocenters. The number of halogens is 1. The molecule has 0 radical (unpaired) electrons.